The van der Waals surface area contributed by atoms with Crippen molar-refractivity contribution in [2.75, 3.05) is 0 Å². The molecule has 0 saturated heterocycles. The molecule has 3 N–H and O–H groups in total. The first-order valence-electron chi connectivity index (χ1n) is 10.6. The van der Waals surface area contributed by atoms with Crippen LogP contribution in [0.4, 0.5) is 26.3 Å². The summed E-state index contributed by atoms with van der Waals surface area (Å²) in [6.07, 6.45) is -9.01. The summed E-state index contributed by atoms with van der Waals surface area (Å²) in [6, 6.07) is 8.97. The molecular formula is C24H20ClF6NO3. The molecule has 0 atom stereocenters. The van der Waals surface area contributed by atoms with Crippen molar-refractivity contribution in [3.05, 3.63) is 64.1 Å². The molecule has 0 aromatic heterocycles. The van der Waals surface area contributed by atoms with Crippen LogP contribution in [-0.2, 0) is 4.79 Å². The summed E-state index contributed by atoms with van der Waals surface area (Å²) < 4.78 is 80.4. The lowest BCUT2D eigenvalue weighted by atomic mass is 9.70. The number of nitrogens with one attached hydrogen (secondary N) is 1. The lowest BCUT2D eigenvalue weighted by Gasteiger charge is -2.45. The molecule has 0 radical (unpaired) electrons. The van der Waals surface area contributed by atoms with Crippen LogP contribution in [0.25, 0.3) is 16.7 Å². The Morgan fingerprint density at radius 3 is 2.11 bits per heavy atom. The number of aryl methyl sites for hydroxylation is 1. The average Bonchev–Trinajstić information content (AvgIpc) is 3.01. The second-order valence-corrected chi connectivity index (χ2v) is 9.43. The zero-order valence-corrected chi connectivity index (χ0v) is 19.0. The molecule has 1 spiro atoms. The van der Waals surface area contributed by atoms with E-state index in [2.05, 4.69) is 5.32 Å². The van der Waals surface area contributed by atoms with Gasteiger partial charge in [0, 0.05) is 0 Å². The van der Waals surface area contributed by atoms with Gasteiger partial charge in [-0.05, 0) is 73.1 Å². The van der Waals surface area contributed by atoms with E-state index >= 15 is 0 Å². The third-order valence-electron chi connectivity index (χ3n) is 6.90. The maximum absolute atomic E-state index is 13.9. The normalized spacial score (nSPS) is 25.3. The Hall–Kier alpha value is -2.72. The lowest BCUT2D eigenvalue weighted by molar-refractivity contribution is -0.347. The summed E-state index contributed by atoms with van der Waals surface area (Å²) in [4.78, 5) is 12.9. The highest BCUT2D eigenvalue weighted by atomic mass is 35.5. The first-order valence-corrected chi connectivity index (χ1v) is 11.0. The van der Waals surface area contributed by atoms with E-state index in [4.69, 9.17) is 11.6 Å². The van der Waals surface area contributed by atoms with Crippen LogP contribution in [0.3, 0.4) is 0 Å². The van der Waals surface area contributed by atoms with E-state index in [0.29, 0.717) is 16.7 Å². The van der Waals surface area contributed by atoms with Crippen LogP contribution < -0.4 is 5.32 Å². The molecule has 2 aliphatic rings. The maximum Gasteiger partial charge on any atom is 0.456 e. The lowest BCUT2D eigenvalue weighted by Crippen LogP contribution is -2.62. The van der Waals surface area contributed by atoms with E-state index in [1.807, 2.05) is 0 Å². The number of rotatable bonds is 3. The molecule has 4 nitrogen and oxygen atoms in total. The Kier molecular flexibility index (Phi) is 5.92. The number of benzene rings is 2. The average molecular weight is 520 g/mol. The highest BCUT2D eigenvalue weighted by molar-refractivity contribution is 6.30. The van der Waals surface area contributed by atoms with Crippen LogP contribution in [0.15, 0.2) is 42.2 Å². The zero-order valence-electron chi connectivity index (χ0n) is 18.2. The van der Waals surface area contributed by atoms with Crippen LogP contribution >= 0.6 is 11.6 Å². The molecule has 1 saturated carbocycles. The van der Waals surface area contributed by atoms with Crippen molar-refractivity contribution >= 4 is 23.1 Å². The third-order valence-corrected chi connectivity index (χ3v) is 7.21. The zero-order chi connectivity index (χ0) is 26.0. The Bertz CT molecular complexity index is 1230. The number of alkyl halides is 5. The predicted octanol–water partition coefficient (Wildman–Crippen LogP) is 6.09. The Balaban J connectivity index is 1.70. The summed E-state index contributed by atoms with van der Waals surface area (Å²) in [7, 11) is 0. The standard InChI is InChI=1S/C24H20ClF6NO3/c1-12-2-3-13(14-4-5-16(25)17(26)11-14)10-15(12)18-19(33)21(32-20(18)34)6-8-22(35,9-7-21)23(27,28)24(29,30)31/h2-5,10-11,33,35H,6-9H2,1H3,(H,32,34)/t21-,22-. The summed E-state index contributed by atoms with van der Waals surface area (Å²) in [5, 5.41) is 23.6. The SMILES string of the molecule is Cc1ccc(-c2ccc(Cl)c(F)c2)cc1C1=C(O)[C@]2(CC[C@](O)(C(F)(F)C(F)(F)F)CC2)NC1=O. The van der Waals surface area contributed by atoms with E-state index in [-0.39, 0.29) is 16.2 Å². The van der Waals surface area contributed by atoms with Gasteiger partial charge in [-0.25, -0.2) is 4.39 Å². The van der Waals surface area contributed by atoms with E-state index < -0.39 is 66.4 Å². The number of hydrogen-bond acceptors (Lipinski definition) is 3. The van der Waals surface area contributed by atoms with Gasteiger partial charge in [0.25, 0.3) is 5.91 Å². The number of carbonyl (C=O) groups excluding carboxylic acids is 1. The van der Waals surface area contributed by atoms with Crippen molar-refractivity contribution in [3.63, 3.8) is 0 Å². The molecule has 35 heavy (non-hydrogen) atoms. The number of carbonyl (C=O) groups is 1. The second kappa shape index (κ2) is 8.16. The molecule has 2 aromatic carbocycles. The van der Waals surface area contributed by atoms with Crippen molar-refractivity contribution in [2.45, 2.75) is 55.8 Å². The quantitative estimate of drug-likeness (QED) is 0.430. The Morgan fingerprint density at radius 1 is 0.971 bits per heavy atom. The summed E-state index contributed by atoms with van der Waals surface area (Å²) in [5.41, 5.74) is -3.32. The van der Waals surface area contributed by atoms with Gasteiger partial charge in [0.05, 0.1) is 16.1 Å². The molecule has 1 fully saturated rings. The fourth-order valence-corrected chi connectivity index (χ4v) is 4.83. The first kappa shape index (κ1) is 25.4. The smallest absolute Gasteiger partial charge is 0.456 e. The van der Waals surface area contributed by atoms with Gasteiger partial charge in [-0.2, -0.15) is 22.0 Å². The second-order valence-electron chi connectivity index (χ2n) is 9.02. The summed E-state index contributed by atoms with van der Waals surface area (Å²) >= 11 is 5.73. The fraction of sp³-hybridized carbons (Fsp3) is 0.375. The predicted molar refractivity (Wildman–Crippen MR) is 116 cm³/mol. The topological polar surface area (TPSA) is 69.6 Å². The van der Waals surface area contributed by atoms with Crippen molar-refractivity contribution in [3.8, 4) is 11.1 Å². The van der Waals surface area contributed by atoms with E-state index in [0.717, 1.165) is 0 Å². The molecule has 11 heteroatoms. The number of halogens is 7. The summed E-state index contributed by atoms with van der Waals surface area (Å²) in [5.74, 6) is -7.25. The third kappa shape index (κ3) is 3.96. The van der Waals surface area contributed by atoms with Gasteiger partial charge in [-0.15, -0.1) is 0 Å². The number of aliphatic hydroxyl groups is 2. The van der Waals surface area contributed by atoms with Gasteiger partial charge in [0.15, 0.2) is 0 Å². The largest absolute Gasteiger partial charge is 0.509 e. The minimum absolute atomic E-state index is 0.0769. The van der Waals surface area contributed by atoms with Crippen LogP contribution in [0, 0.1) is 12.7 Å². The molecule has 1 aliphatic heterocycles. The number of amides is 1. The highest BCUT2D eigenvalue weighted by Gasteiger charge is 2.71. The van der Waals surface area contributed by atoms with Gasteiger partial charge < -0.3 is 15.5 Å². The van der Waals surface area contributed by atoms with Crippen LogP contribution in [0.5, 0.6) is 0 Å². The minimum Gasteiger partial charge on any atom is -0.509 e. The van der Waals surface area contributed by atoms with E-state index in [1.54, 1.807) is 31.2 Å². The Morgan fingerprint density at radius 2 is 1.54 bits per heavy atom. The molecule has 1 aliphatic carbocycles. The summed E-state index contributed by atoms with van der Waals surface area (Å²) in [6.45, 7) is 1.66. The molecule has 2 aromatic rings. The van der Waals surface area contributed by atoms with Crippen LogP contribution in [0.2, 0.25) is 5.02 Å². The van der Waals surface area contributed by atoms with Gasteiger partial charge in [-0.3, -0.25) is 4.79 Å². The molecule has 188 valence electrons. The van der Waals surface area contributed by atoms with Gasteiger partial charge in [-0.1, -0.05) is 29.8 Å². The van der Waals surface area contributed by atoms with Gasteiger partial charge in [0.2, 0.25) is 0 Å². The Labute approximate surface area is 201 Å². The molecular weight excluding hydrogens is 500 g/mol. The fourth-order valence-electron chi connectivity index (χ4n) is 4.71. The monoisotopic (exact) mass is 519 g/mol. The van der Waals surface area contributed by atoms with Crippen LogP contribution in [-0.4, -0.2) is 39.4 Å². The first-order chi connectivity index (χ1) is 16.1. The highest BCUT2D eigenvalue weighted by Crippen LogP contribution is 2.53. The molecule has 1 amide bonds. The van der Waals surface area contributed by atoms with E-state index in [9.17, 15) is 41.4 Å². The van der Waals surface area contributed by atoms with Crippen molar-refractivity contribution < 1.29 is 41.4 Å². The van der Waals surface area contributed by atoms with Crippen molar-refractivity contribution in [2.24, 2.45) is 0 Å². The van der Waals surface area contributed by atoms with Gasteiger partial charge >= 0.3 is 12.1 Å². The maximum atomic E-state index is 13.9. The van der Waals surface area contributed by atoms with Crippen molar-refractivity contribution in [1.29, 1.82) is 0 Å². The van der Waals surface area contributed by atoms with Crippen molar-refractivity contribution in [1.82, 2.24) is 5.32 Å². The molecule has 1 heterocycles. The number of hydrogen-bond donors (Lipinski definition) is 3. The molecule has 0 unspecified atom stereocenters. The van der Waals surface area contributed by atoms with Gasteiger partial charge in [0.1, 0.15) is 17.2 Å². The molecule has 0 bridgehead atoms. The molecule has 4 rings (SSSR count). The van der Waals surface area contributed by atoms with E-state index in [1.165, 1.54) is 12.1 Å². The number of aliphatic hydroxyl groups excluding tert-OH is 1. The minimum atomic E-state index is -5.95. The van der Waals surface area contributed by atoms with Crippen LogP contribution in [0.1, 0.15) is 36.8 Å².